The molecule has 31 heavy (non-hydrogen) atoms. The molecule has 0 saturated carbocycles. The van der Waals surface area contributed by atoms with Gasteiger partial charge < -0.3 is 4.57 Å². The van der Waals surface area contributed by atoms with Gasteiger partial charge in [-0.15, -0.1) is 0 Å². The molecular weight excluding hydrogens is 451 g/mol. The van der Waals surface area contributed by atoms with Crippen LogP contribution in [0, 0.1) is 5.82 Å². The quantitative estimate of drug-likeness (QED) is 0.249. The summed E-state index contributed by atoms with van der Waals surface area (Å²) in [7, 11) is -2.69. The van der Waals surface area contributed by atoms with Crippen molar-refractivity contribution in [1.29, 1.82) is 0 Å². The molecule has 3 rings (SSSR count). The van der Waals surface area contributed by atoms with E-state index in [1.807, 2.05) is 12.1 Å². The molecule has 0 N–H and O–H groups in total. The average molecular weight is 484 g/mol. The number of nitrogens with zero attached hydrogens (tertiary/aromatic N) is 1. The van der Waals surface area contributed by atoms with Crippen LogP contribution in [0.25, 0.3) is 0 Å². The van der Waals surface area contributed by atoms with Gasteiger partial charge in [0.2, 0.25) is 0 Å². The van der Waals surface area contributed by atoms with Gasteiger partial charge in [0.25, 0.3) is 0 Å². The minimum atomic E-state index is -1.83. The molecule has 3 aromatic rings. The highest BCUT2D eigenvalue weighted by molar-refractivity contribution is 8.15. The number of rotatable bonds is 7. The van der Waals surface area contributed by atoms with E-state index in [1.54, 1.807) is 12.1 Å². The van der Waals surface area contributed by atoms with Crippen molar-refractivity contribution in [1.82, 2.24) is 0 Å². The van der Waals surface area contributed by atoms with Crippen LogP contribution in [-0.2, 0) is 0 Å². The number of hydrogen-bond donors (Lipinski definition) is 0. The van der Waals surface area contributed by atoms with E-state index < -0.39 is 23.4 Å². The summed E-state index contributed by atoms with van der Waals surface area (Å²) in [5.74, 6) is -0.183. The molecule has 0 amide bonds. The molecular formula is C25H32FNP2Si2. The summed E-state index contributed by atoms with van der Waals surface area (Å²) in [6.07, 6.45) is 0. The Morgan fingerprint density at radius 3 is 1.74 bits per heavy atom. The second kappa shape index (κ2) is 9.92. The molecule has 0 bridgehead atoms. The summed E-state index contributed by atoms with van der Waals surface area (Å²) in [5, 5.41) is 4.24. The summed E-state index contributed by atoms with van der Waals surface area (Å²) in [5.41, 5.74) is 1.11. The lowest BCUT2D eigenvalue weighted by molar-refractivity contribution is 0.628. The fourth-order valence-electron chi connectivity index (χ4n) is 3.59. The zero-order chi connectivity index (χ0) is 22.6. The maximum Gasteiger partial charge on any atom is 0.154 e. The van der Waals surface area contributed by atoms with Gasteiger partial charge in [-0.3, -0.25) is 0 Å². The normalized spacial score (nSPS) is 13.7. The Labute approximate surface area is 191 Å². The van der Waals surface area contributed by atoms with Gasteiger partial charge in [-0.25, -0.2) is 4.39 Å². The van der Waals surface area contributed by atoms with E-state index >= 15 is 0 Å². The van der Waals surface area contributed by atoms with E-state index in [2.05, 4.69) is 105 Å². The molecule has 0 aliphatic carbocycles. The minimum absolute atomic E-state index is 0.183. The van der Waals surface area contributed by atoms with Gasteiger partial charge in [0.05, 0.1) is 12.9 Å². The fraction of sp³-hybridized carbons (Fsp3) is 0.240. The third kappa shape index (κ3) is 6.23. The largest absolute Gasteiger partial charge is 0.366 e. The Hall–Kier alpha value is -1.58. The van der Waals surface area contributed by atoms with Crippen LogP contribution in [0.1, 0.15) is 0 Å². The molecule has 1 atom stereocenters. The molecule has 0 spiro atoms. The molecule has 1 unspecified atom stereocenters. The van der Waals surface area contributed by atoms with Crippen LogP contribution < -0.4 is 15.2 Å². The Morgan fingerprint density at radius 1 is 0.742 bits per heavy atom. The predicted octanol–water partition coefficient (Wildman–Crippen LogP) is 7.47. The van der Waals surface area contributed by atoms with Crippen LogP contribution in [0.5, 0.6) is 0 Å². The molecule has 1 nitrogen and oxygen atoms in total. The van der Waals surface area contributed by atoms with Crippen molar-refractivity contribution < 1.29 is 4.39 Å². The van der Waals surface area contributed by atoms with E-state index in [0.717, 1.165) is 5.69 Å². The van der Waals surface area contributed by atoms with E-state index in [-0.39, 0.29) is 5.82 Å². The van der Waals surface area contributed by atoms with Gasteiger partial charge in [-0.2, -0.15) is 0 Å². The molecule has 0 aliphatic rings. The number of anilines is 1. The van der Waals surface area contributed by atoms with Crippen molar-refractivity contribution in [3.8, 4) is 0 Å². The molecule has 0 heterocycles. The molecule has 6 heteroatoms. The van der Waals surface area contributed by atoms with Gasteiger partial charge in [0.15, 0.2) is 8.24 Å². The summed E-state index contributed by atoms with van der Waals surface area (Å²) in [6.45, 7) is 14.6. The maximum atomic E-state index is 13.8. The lowest BCUT2D eigenvalue weighted by Gasteiger charge is -2.44. The van der Waals surface area contributed by atoms with Gasteiger partial charge in [-0.05, 0) is 45.2 Å². The molecule has 0 aliphatic heterocycles. The number of benzene rings is 3. The van der Waals surface area contributed by atoms with Crippen molar-refractivity contribution in [2.24, 2.45) is 0 Å². The lowest BCUT2D eigenvalue weighted by atomic mass is 10.3. The number of halogens is 1. The smallest absolute Gasteiger partial charge is 0.154 e. The van der Waals surface area contributed by atoms with Crippen molar-refractivity contribution in [3.05, 3.63) is 90.7 Å². The predicted molar refractivity (Wildman–Crippen MR) is 147 cm³/mol. The molecule has 0 radical (unpaired) electrons. The van der Waals surface area contributed by atoms with E-state index in [4.69, 9.17) is 0 Å². The summed E-state index contributed by atoms with van der Waals surface area (Å²) in [6, 6.07) is 28.9. The molecule has 0 aromatic heterocycles. The van der Waals surface area contributed by atoms with E-state index in [1.165, 1.54) is 24.0 Å². The Kier molecular flexibility index (Phi) is 7.70. The third-order valence-electron chi connectivity index (χ3n) is 4.83. The van der Waals surface area contributed by atoms with Gasteiger partial charge in [0.1, 0.15) is 5.82 Å². The van der Waals surface area contributed by atoms with Crippen LogP contribution in [0.2, 0.25) is 39.3 Å². The highest BCUT2D eigenvalue weighted by atomic mass is 31.4. The first-order valence-corrected chi connectivity index (χ1v) is 20.6. The first-order valence-electron chi connectivity index (χ1n) is 10.6. The van der Waals surface area contributed by atoms with Gasteiger partial charge >= 0.3 is 0 Å². The van der Waals surface area contributed by atoms with Crippen LogP contribution in [0.4, 0.5) is 10.1 Å². The highest BCUT2D eigenvalue weighted by Crippen LogP contribution is 2.51. The fourth-order valence-corrected chi connectivity index (χ4v) is 19.9. The maximum absolute atomic E-state index is 13.8. The van der Waals surface area contributed by atoms with Crippen molar-refractivity contribution in [3.63, 3.8) is 0 Å². The molecule has 0 saturated heterocycles. The van der Waals surface area contributed by atoms with Crippen LogP contribution in [0.3, 0.4) is 0 Å². The standard InChI is InChI=1S/C25H32FNP2Si2/c1-30(2,3)27(22-19-17-21(26)18-20-22)25(28-23-13-9-7-10-14-23)29(31(4,5)6)24-15-11-8-12-16-24/h7-20H,1-6H3. The summed E-state index contributed by atoms with van der Waals surface area (Å²) >= 11 is 0. The van der Waals surface area contributed by atoms with E-state index in [9.17, 15) is 4.39 Å². The van der Waals surface area contributed by atoms with Crippen molar-refractivity contribution >= 4 is 53.1 Å². The van der Waals surface area contributed by atoms with Crippen molar-refractivity contribution in [2.45, 2.75) is 39.3 Å². The SMILES string of the molecule is C[Si](C)(C)N(C(=Pc1ccccc1)P(c1ccccc1)[Si](C)(C)C)c1ccc(F)cc1. The molecule has 0 fully saturated rings. The average Bonchev–Trinajstić information content (AvgIpc) is 2.69. The number of hydrogen-bond acceptors (Lipinski definition) is 0. The molecule has 162 valence electrons. The monoisotopic (exact) mass is 483 g/mol. The van der Waals surface area contributed by atoms with E-state index in [0.29, 0.717) is 0 Å². The van der Waals surface area contributed by atoms with Crippen LogP contribution in [-0.4, -0.2) is 21.1 Å². The molecule has 3 aromatic carbocycles. The summed E-state index contributed by atoms with van der Waals surface area (Å²) < 4.78 is 16.4. The van der Waals surface area contributed by atoms with Gasteiger partial charge in [-0.1, -0.05) is 99.9 Å². The second-order valence-electron chi connectivity index (χ2n) is 9.57. The summed E-state index contributed by atoms with van der Waals surface area (Å²) in [4.78, 5) is 0. The topological polar surface area (TPSA) is 3.24 Å². The zero-order valence-electron chi connectivity index (χ0n) is 19.3. The lowest BCUT2D eigenvalue weighted by Crippen LogP contribution is -2.51. The Bertz CT molecular complexity index is 1010. The van der Waals surface area contributed by atoms with Crippen LogP contribution >= 0.6 is 15.7 Å². The van der Waals surface area contributed by atoms with Crippen molar-refractivity contribution in [2.75, 3.05) is 4.57 Å². The third-order valence-corrected chi connectivity index (χ3v) is 17.6. The highest BCUT2D eigenvalue weighted by Gasteiger charge is 2.38. The second-order valence-corrected chi connectivity index (χ2v) is 27.2. The van der Waals surface area contributed by atoms with Crippen LogP contribution in [0.15, 0.2) is 84.9 Å². The van der Waals surface area contributed by atoms with Gasteiger partial charge in [0, 0.05) is 11.0 Å². The minimum Gasteiger partial charge on any atom is -0.366 e. The first-order chi connectivity index (χ1) is 14.6. The Morgan fingerprint density at radius 2 is 1.26 bits per heavy atom. The first kappa shape index (κ1) is 24.1. The Balaban J connectivity index is 2.30. The zero-order valence-corrected chi connectivity index (χ0v) is 23.1.